The lowest BCUT2D eigenvalue weighted by Gasteiger charge is -2.09. The van der Waals surface area contributed by atoms with E-state index in [0.29, 0.717) is 11.6 Å². The van der Waals surface area contributed by atoms with E-state index in [-0.39, 0.29) is 11.7 Å². The van der Waals surface area contributed by atoms with Gasteiger partial charge in [0, 0.05) is 12.2 Å². The minimum Gasteiger partial charge on any atom is -0.456 e. The van der Waals surface area contributed by atoms with Gasteiger partial charge in [0.05, 0.1) is 0 Å². The van der Waals surface area contributed by atoms with Gasteiger partial charge in [-0.2, -0.15) is 0 Å². The summed E-state index contributed by atoms with van der Waals surface area (Å²) in [6, 6.07) is 7.90. The van der Waals surface area contributed by atoms with Crippen LogP contribution in [-0.2, 0) is 6.42 Å². The molecular formula is C20H23N3O2S2. The molecule has 0 spiro atoms. The SMILES string of the molecule is CCCSc1nnc(NC(=O)c2ccc(Cc3c(C)cc(C)cc3C)o2)s1. The zero-order valence-corrected chi connectivity index (χ0v) is 17.6. The van der Waals surface area contributed by atoms with E-state index < -0.39 is 0 Å². The summed E-state index contributed by atoms with van der Waals surface area (Å²) in [5.41, 5.74) is 4.96. The number of aromatic nitrogens is 2. The predicted molar refractivity (Wildman–Crippen MR) is 111 cm³/mol. The van der Waals surface area contributed by atoms with Crippen LogP contribution in [0.15, 0.2) is 33.0 Å². The van der Waals surface area contributed by atoms with Crippen LogP contribution in [-0.4, -0.2) is 21.9 Å². The van der Waals surface area contributed by atoms with E-state index in [1.807, 2.05) is 6.07 Å². The number of carbonyl (C=O) groups excluding carboxylic acids is 1. The third kappa shape index (κ3) is 4.99. The topological polar surface area (TPSA) is 68.0 Å². The van der Waals surface area contributed by atoms with Crippen LogP contribution in [0.5, 0.6) is 0 Å². The maximum atomic E-state index is 12.4. The van der Waals surface area contributed by atoms with Gasteiger partial charge < -0.3 is 4.42 Å². The maximum Gasteiger partial charge on any atom is 0.293 e. The Balaban J connectivity index is 1.67. The zero-order chi connectivity index (χ0) is 19.4. The molecule has 3 aromatic rings. The highest BCUT2D eigenvalue weighted by atomic mass is 32.2. The molecule has 2 heterocycles. The molecule has 0 saturated heterocycles. The average molecular weight is 402 g/mol. The lowest BCUT2D eigenvalue weighted by molar-refractivity contribution is 0.0995. The Morgan fingerprint density at radius 2 is 1.93 bits per heavy atom. The fourth-order valence-corrected chi connectivity index (χ4v) is 4.60. The Morgan fingerprint density at radius 3 is 2.63 bits per heavy atom. The second-order valence-corrected chi connectivity index (χ2v) is 8.82. The fourth-order valence-electron chi connectivity index (χ4n) is 2.92. The van der Waals surface area contributed by atoms with Gasteiger partial charge in [-0.25, -0.2) is 0 Å². The molecule has 0 unspecified atom stereocenters. The highest BCUT2D eigenvalue weighted by molar-refractivity contribution is 8.01. The summed E-state index contributed by atoms with van der Waals surface area (Å²) in [4.78, 5) is 12.4. The Labute approximate surface area is 167 Å². The van der Waals surface area contributed by atoms with Crippen LogP contribution in [0.1, 0.15) is 51.9 Å². The van der Waals surface area contributed by atoms with E-state index in [1.165, 1.54) is 33.6 Å². The molecule has 0 bridgehead atoms. The molecule has 0 saturated carbocycles. The molecule has 0 atom stereocenters. The van der Waals surface area contributed by atoms with Crippen molar-refractivity contribution in [2.45, 2.75) is 44.9 Å². The third-order valence-corrected chi connectivity index (χ3v) is 6.31. The number of furan rings is 1. The van der Waals surface area contributed by atoms with Gasteiger partial charge in [0.1, 0.15) is 5.76 Å². The van der Waals surface area contributed by atoms with Crippen molar-refractivity contribution in [2.24, 2.45) is 0 Å². The molecule has 0 aliphatic carbocycles. The summed E-state index contributed by atoms with van der Waals surface area (Å²) >= 11 is 3.02. The monoisotopic (exact) mass is 401 g/mol. The van der Waals surface area contributed by atoms with Gasteiger partial charge in [-0.1, -0.05) is 47.7 Å². The number of anilines is 1. The first-order valence-electron chi connectivity index (χ1n) is 8.89. The molecule has 1 amide bonds. The summed E-state index contributed by atoms with van der Waals surface area (Å²) < 4.78 is 6.63. The summed E-state index contributed by atoms with van der Waals surface area (Å²) in [7, 11) is 0. The standard InChI is InChI=1S/C20H23N3O2S2/c1-5-8-26-20-23-22-19(27-20)21-18(24)17-7-6-15(25-17)11-16-13(3)9-12(2)10-14(16)4/h6-7,9-10H,5,8,11H2,1-4H3,(H,21,22,24). The van der Waals surface area contributed by atoms with Crippen LogP contribution in [0.3, 0.4) is 0 Å². The minimum absolute atomic E-state index is 0.283. The highest BCUT2D eigenvalue weighted by Crippen LogP contribution is 2.26. The number of amides is 1. The van der Waals surface area contributed by atoms with Crippen molar-refractivity contribution < 1.29 is 9.21 Å². The molecule has 0 radical (unpaired) electrons. The van der Waals surface area contributed by atoms with Crippen LogP contribution in [0.2, 0.25) is 0 Å². The molecule has 1 N–H and O–H groups in total. The third-order valence-electron chi connectivity index (χ3n) is 4.13. The molecule has 5 nitrogen and oxygen atoms in total. The molecule has 27 heavy (non-hydrogen) atoms. The van der Waals surface area contributed by atoms with E-state index in [9.17, 15) is 4.79 Å². The van der Waals surface area contributed by atoms with E-state index in [0.717, 1.165) is 22.3 Å². The Hall–Kier alpha value is -2.12. The Bertz CT molecular complexity index is 923. The largest absolute Gasteiger partial charge is 0.456 e. The number of hydrogen-bond acceptors (Lipinski definition) is 6. The van der Waals surface area contributed by atoms with Crippen molar-refractivity contribution in [1.82, 2.24) is 10.2 Å². The number of benzene rings is 1. The molecule has 0 aliphatic heterocycles. The second kappa shape index (κ2) is 8.71. The quantitative estimate of drug-likeness (QED) is 0.424. The van der Waals surface area contributed by atoms with Crippen molar-refractivity contribution in [3.05, 3.63) is 58.0 Å². The van der Waals surface area contributed by atoms with Gasteiger partial charge >= 0.3 is 0 Å². The number of thioether (sulfide) groups is 1. The van der Waals surface area contributed by atoms with E-state index in [4.69, 9.17) is 4.42 Å². The average Bonchev–Trinajstić information content (AvgIpc) is 3.25. The van der Waals surface area contributed by atoms with Crippen molar-refractivity contribution >= 4 is 34.1 Å². The van der Waals surface area contributed by atoms with E-state index in [1.54, 1.807) is 17.8 Å². The number of hydrogen-bond donors (Lipinski definition) is 1. The molecule has 2 aromatic heterocycles. The maximum absolute atomic E-state index is 12.4. The molecule has 0 aliphatic rings. The van der Waals surface area contributed by atoms with Gasteiger partial charge in [0.15, 0.2) is 10.1 Å². The second-order valence-electron chi connectivity index (χ2n) is 6.50. The van der Waals surface area contributed by atoms with Gasteiger partial charge in [0.25, 0.3) is 5.91 Å². The number of nitrogens with one attached hydrogen (secondary N) is 1. The van der Waals surface area contributed by atoms with Crippen LogP contribution < -0.4 is 5.32 Å². The zero-order valence-electron chi connectivity index (χ0n) is 16.0. The van der Waals surface area contributed by atoms with Crippen LogP contribution >= 0.6 is 23.1 Å². The number of aryl methyl sites for hydroxylation is 3. The first kappa shape index (κ1) is 19.6. The first-order valence-corrected chi connectivity index (χ1v) is 10.7. The molecular weight excluding hydrogens is 378 g/mol. The Kier molecular flexibility index (Phi) is 6.34. The Morgan fingerprint density at radius 1 is 1.19 bits per heavy atom. The minimum atomic E-state index is -0.304. The molecule has 0 fully saturated rings. The molecule has 3 rings (SSSR count). The molecule has 1 aromatic carbocycles. The first-order chi connectivity index (χ1) is 13.0. The summed E-state index contributed by atoms with van der Waals surface area (Å²) in [5, 5.41) is 11.3. The summed E-state index contributed by atoms with van der Waals surface area (Å²) in [5.74, 6) is 1.74. The molecule has 7 heteroatoms. The van der Waals surface area contributed by atoms with Gasteiger partial charge in [-0.05, 0) is 56.0 Å². The van der Waals surface area contributed by atoms with Crippen molar-refractivity contribution in [1.29, 1.82) is 0 Å². The fraction of sp³-hybridized carbons (Fsp3) is 0.350. The molecule has 142 valence electrons. The summed E-state index contributed by atoms with van der Waals surface area (Å²) in [6.45, 7) is 8.43. The van der Waals surface area contributed by atoms with E-state index in [2.05, 4.69) is 55.3 Å². The highest BCUT2D eigenvalue weighted by Gasteiger charge is 2.15. The van der Waals surface area contributed by atoms with Gasteiger partial charge in [-0.15, -0.1) is 10.2 Å². The smallest absolute Gasteiger partial charge is 0.293 e. The van der Waals surface area contributed by atoms with Gasteiger partial charge in [0.2, 0.25) is 5.13 Å². The van der Waals surface area contributed by atoms with Crippen LogP contribution in [0.4, 0.5) is 5.13 Å². The van der Waals surface area contributed by atoms with E-state index >= 15 is 0 Å². The number of rotatable bonds is 7. The number of nitrogens with zero attached hydrogens (tertiary/aromatic N) is 2. The number of carbonyl (C=O) groups is 1. The van der Waals surface area contributed by atoms with Crippen LogP contribution in [0.25, 0.3) is 0 Å². The lowest BCUT2D eigenvalue weighted by Crippen LogP contribution is -2.10. The van der Waals surface area contributed by atoms with Gasteiger partial charge in [-0.3, -0.25) is 10.1 Å². The van der Waals surface area contributed by atoms with Crippen molar-refractivity contribution in [2.75, 3.05) is 11.1 Å². The predicted octanol–water partition coefficient (Wildman–Crippen LogP) is 5.40. The lowest BCUT2D eigenvalue weighted by atomic mass is 9.97. The van der Waals surface area contributed by atoms with Crippen molar-refractivity contribution in [3.63, 3.8) is 0 Å². The normalized spacial score (nSPS) is 11.0. The van der Waals surface area contributed by atoms with Crippen LogP contribution in [0, 0.1) is 20.8 Å². The summed E-state index contributed by atoms with van der Waals surface area (Å²) in [6.07, 6.45) is 1.74. The van der Waals surface area contributed by atoms with Crippen molar-refractivity contribution in [3.8, 4) is 0 Å².